The molecular weight excluding hydrogens is 969 g/mol. The fourth-order valence-electron chi connectivity index (χ4n) is 11.4. The van der Waals surface area contributed by atoms with Crippen LogP contribution in [0.5, 0.6) is 11.5 Å². The van der Waals surface area contributed by atoms with Crippen molar-refractivity contribution in [2.24, 2.45) is 10.6 Å². The summed E-state index contributed by atoms with van der Waals surface area (Å²) in [4.78, 5) is 36.0. The molecule has 0 bridgehead atoms. The van der Waals surface area contributed by atoms with Crippen molar-refractivity contribution in [1.82, 2.24) is 35.5 Å². The van der Waals surface area contributed by atoms with Gasteiger partial charge in [-0.15, -0.1) is 0 Å². The molecule has 4 aromatic rings. The Labute approximate surface area is 437 Å². The highest BCUT2D eigenvalue weighted by molar-refractivity contribution is 5.98. The van der Waals surface area contributed by atoms with E-state index in [1.54, 1.807) is 14.1 Å². The highest BCUT2D eigenvalue weighted by Gasteiger charge is 2.49. The van der Waals surface area contributed by atoms with E-state index in [0.717, 1.165) is 78.5 Å². The van der Waals surface area contributed by atoms with Gasteiger partial charge in [-0.2, -0.15) is 0 Å². The molecule has 8 heterocycles. The monoisotopic (exact) mass is 1040 g/mol. The lowest BCUT2D eigenvalue weighted by molar-refractivity contribution is -0.0235. The number of halogens is 2. The minimum Gasteiger partial charge on any atom is -0.491 e. The van der Waals surface area contributed by atoms with E-state index in [1.807, 2.05) is 61.2 Å². The van der Waals surface area contributed by atoms with Crippen molar-refractivity contribution in [1.29, 1.82) is 0 Å². The van der Waals surface area contributed by atoms with E-state index < -0.39 is 24.9 Å². The number of aliphatic hydroxyl groups is 2. The average molecular weight is 1040 g/mol. The molecular formula is C53H73F2N13O7. The topological polar surface area (TPSA) is 212 Å². The van der Waals surface area contributed by atoms with Gasteiger partial charge in [-0.1, -0.05) is 17.3 Å². The van der Waals surface area contributed by atoms with Crippen molar-refractivity contribution in [3.05, 3.63) is 53.6 Å². The zero-order valence-electron chi connectivity index (χ0n) is 43.7. The molecule has 6 aliphatic rings. The van der Waals surface area contributed by atoms with Gasteiger partial charge in [-0.05, 0) is 91.2 Å². The van der Waals surface area contributed by atoms with Gasteiger partial charge in [-0.3, -0.25) is 9.80 Å². The molecule has 1 spiro atoms. The second kappa shape index (κ2) is 23.2. The molecule has 75 heavy (non-hydrogen) atoms. The van der Waals surface area contributed by atoms with Gasteiger partial charge in [0.15, 0.2) is 11.6 Å². The summed E-state index contributed by atoms with van der Waals surface area (Å²) in [7, 11) is 3.57. The van der Waals surface area contributed by atoms with Crippen LogP contribution < -0.4 is 45.4 Å². The summed E-state index contributed by atoms with van der Waals surface area (Å²) in [6.07, 6.45) is -0.173. The molecule has 2 aromatic heterocycles. The normalized spacial score (nSPS) is 23.2. The van der Waals surface area contributed by atoms with Crippen molar-refractivity contribution >= 4 is 34.8 Å². The zero-order chi connectivity index (χ0) is 52.2. The third-order valence-electron chi connectivity index (χ3n) is 15.1. The lowest BCUT2D eigenvalue weighted by Crippen LogP contribution is -2.58. The van der Waals surface area contributed by atoms with E-state index in [2.05, 4.69) is 48.0 Å². The van der Waals surface area contributed by atoms with E-state index in [0.29, 0.717) is 106 Å². The van der Waals surface area contributed by atoms with Gasteiger partial charge in [0.25, 0.3) is 6.43 Å². The molecule has 0 aliphatic carbocycles. The minimum atomic E-state index is -2.36. The minimum absolute atomic E-state index is 0.0338. The first-order chi connectivity index (χ1) is 36.3. The summed E-state index contributed by atoms with van der Waals surface area (Å²) in [5.41, 5.74) is 3.92. The quantitative estimate of drug-likeness (QED) is 0.0641. The van der Waals surface area contributed by atoms with E-state index >= 15 is 0 Å². The highest BCUT2D eigenvalue weighted by Crippen LogP contribution is 2.44. The Kier molecular flexibility index (Phi) is 16.3. The lowest BCUT2D eigenvalue weighted by Gasteiger charge is -2.48. The molecule has 6 aliphatic heterocycles. The van der Waals surface area contributed by atoms with Crippen LogP contribution in [0.4, 0.5) is 37.7 Å². The third-order valence-corrected chi connectivity index (χ3v) is 15.1. The third kappa shape index (κ3) is 12.0. The number of aliphatic hydroxyl groups excluding tert-OH is 2. The Morgan fingerprint density at radius 3 is 2.05 bits per heavy atom. The predicted octanol–water partition coefficient (Wildman–Crippen LogP) is 4.48. The smallest absolute Gasteiger partial charge is 0.251 e. The fraction of sp³-hybridized carbons (Fsp3) is 0.604. The number of likely N-dealkylation sites (N-methyl/N-ethyl adjacent to an activating group) is 2. The second-order valence-electron chi connectivity index (χ2n) is 21.0. The molecule has 5 fully saturated rings. The first-order valence-corrected chi connectivity index (χ1v) is 26.5. The van der Waals surface area contributed by atoms with Gasteiger partial charge < -0.3 is 65.1 Å². The van der Waals surface area contributed by atoms with Gasteiger partial charge in [0, 0.05) is 92.8 Å². The number of nitrogens with one attached hydrogen (secondary N) is 4. The van der Waals surface area contributed by atoms with Crippen LogP contribution in [0.2, 0.25) is 0 Å². The number of oxime groups is 1. The van der Waals surface area contributed by atoms with Crippen molar-refractivity contribution in [2.75, 3.05) is 131 Å². The van der Waals surface area contributed by atoms with Gasteiger partial charge >= 0.3 is 0 Å². The summed E-state index contributed by atoms with van der Waals surface area (Å²) in [5, 5.41) is 39.2. The predicted molar refractivity (Wildman–Crippen MR) is 283 cm³/mol. The Bertz CT molecular complexity index is 2640. The number of ether oxygens (including phenoxy) is 4. The molecule has 20 nitrogen and oxygen atoms in total. The standard InChI is InChI=1S/C53H73F2N13O7/c1-32-46(58-37-11-16-71-25-37)61-49(62-50(32)66-15-13-53(31-66)29-65(30-53)24-45(54)55)36-18-39(21-43(20-36)74-28-41(70)23-57-5)68-34(3)64-75-52(68)44-10-7-14-67(44)51-33(2)47(59-38-12-17-72-26-38)60-48(63-51)35-8-6-9-42(19-35)73-27-40(69)22-56-4/h6,8-9,18-21,37-38,40-41,44-45,52,56-57,69-70H,7,10-17,22-31H2,1-5H3,(H,58,61,62)(H,59,60,63)/t37-,38-,40?,41?,44?,52?/m1/s1. The second-order valence-corrected chi connectivity index (χ2v) is 21.0. The molecule has 406 valence electrons. The van der Waals surface area contributed by atoms with E-state index in [4.69, 9.17) is 43.7 Å². The van der Waals surface area contributed by atoms with Crippen LogP contribution in [0.3, 0.4) is 0 Å². The summed E-state index contributed by atoms with van der Waals surface area (Å²) in [6, 6.07) is 13.5. The largest absolute Gasteiger partial charge is 0.491 e. The van der Waals surface area contributed by atoms with Crippen LogP contribution in [0.25, 0.3) is 22.8 Å². The Morgan fingerprint density at radius 1 is 0.760 bits per heavy atom. The highest BCUT2D eigenvalue weighted by atomic mass is 19.3. The Morgan fingerprint density at radius 2 is 1.40 bits per heavy atom. The molecule has 22 heteroatoms. The maximum Gasteiger partial charge on any atom is 0.251 e. The molecule has 0 saturated carbocycles. The van der Waals surface area contributed by atoms with Crippen LogP contribution in [-0.4, -0.2) is 190 Å². The van der Waals surface area contributed by atoms with Crippen molar-refractivity contribution in [2.45, 2.75) is 95.9 Å². The number of aromatic nitrogens is 4. The maximum absolute atomic E-state index is 13.3. The maximum atomic E-state index is 13.3. The zero-order valence-corrected chi connectivity index (χ0v) is 43.7. The Balaban J connectivity index is 1.00. The van der Waals surface area contributed by atoms with E-state index in [1.165, 1.54) is 0 Å². The molecule has 5 saturated heterocycles. The van der Waals surface area contributed by atoms with E-state index in [-0.39, 0.29) is 43.3 Å². The summed E-state index contributed by atoms with van der Waals surface area (Å²) in [5.74, 6) is 5.72. The lowest BCUT2D eigenvalue weighted by atomic mass is 9.79. The van der Waals surface area contributed by atoms with Crippen LogP contribution in [0.1, 0.15) is 50.2 Å². The van der Waals surface area contributed by atoms with Gasteiger partial charge in [0.1, 0.15) is 66.0 Å². The van der Waals surface area contributed by atoms with E-state index in [9.17, 15) is 19.0 Å². The number of rotatable bonds is 22. The first-order valence-electron chi connectivity index (χ1n) is 26.5. The van der Waals surface area contributed by atoms with Crippen LogP contribution in [0, 0.1) is 19.3 Å². The Hall–Kier alpha value is -5.75. The average Bonchev–Trinajstić information content (AvgIpc) is 4.29. The summed E-state index contributed by atoms with van der Waals surface area (Å²) >= 11 is 0. The SMILES string of the molecule is CNCC(O)COc1cccc(-c2nc(N[C@@H]3CCOC3)c(C)c(N3CCCC3C3ON=C(C)N3c3cc(OCC(O)CNC)cc(-c4nc(N[C@@H]5CCOC5)c(C)c(N5CCC6(CN(CC(F)F)C6)C5)n4)c3)n2)c1. The van der Waals surface area contributed by atoms with Gasteiger partial charge in [0.2, 0.25) is 6.23 Å². The van der Waals surface area contributed by atoms with Crippen LogP contribution in [-0.2, 0) is 14.3 Å². The number of hydrogen-bond donors (Lipinski definition) is 6. The van der Waals surface area contributed by atoms with Gasteiger partial charge in [-0.25, -0.2) is 28.7 Å². The van der Waals surface area contributed by atoms with Crippen molar-refractivity contribution < 1.29 is 42.8 Å². The van der Waals surface area contributed by atoms with Crippen LogP contribution in [0.15, 0.2) is 47.6 Å². The number of anilines is 5. The fourth-order valence-corrected chi connectivity index (χ4v) is 11.4. The first kappa shape index (κ1) is 52.7. The summed E-state index contributed by atoms with van der Waals surface area (Å²) < 4.78 is 50.6. The number of alkyl halides is 2. The number of benzene rings is 2. The molecule has 6 N–H and O–H groups in total. The number of hydrogen-bond acceptors (Lipinski definition) is 20. The number of amidine groups is 1. The number of nitrogens with zero attached hydrogens (tertiary/aromatic N) is 9. The number of likely N-dealkylation sites (tertiary alicyclic amines) is 1. The molecule has 6 atom stereocenters. The molecule has 0 radical (unpaired) electrons. The van der Waals surface area contributed by atoms with Crippen molar-refractivity contribution in [3.8, 4) is 34.3 Å². The molecule has 0 amide bonds. The molecule has 2 aromatic carbocycles. The summed E-state index contributed by atoms with van der Waals surface area (Å²) in [6.45, 7) is 12.6. The van der Waals surface area contributed by atoms with Crippen LogP contribution >= 0.6 is 0 Å². The van der Waals surface area contributed by atoms with Gasteiger partial charge in [0.05, 0.1) is 43.6 Å². The van der Waals surface area contributed by atoms with Crippen molar-refractivity contribution in [3.63, 3.8) is 0 Å². The molecule has 4 unspecified atom stereocenters. The molecule has 10 rings (SSSR count).